The molecular formula is C23H30N6O3. The van der Waals surface area contributed by atoms with Crippen molar-refractivity contribution in [2.24, 2.45) is 0 Å². The largest absolute Gasteiger partial charge is 0.361 e. The predicted molar refractivity (Wildman–Crippen MR) is 122 cm³/mol. The number of aryl methyl sites for hydroxylation is 1. The van der Waals surface area contributed by atoms with E-state index in [2.05, 4.69) is 42.7 Å². The average Bonchev–Trinajstić information content (AvgIpc) is 3.39. The highest BCUT2D eigenvalue weighted by atomic mass is 16.5. The van der Waals surface area contributed by atoms with Crippen molar-refractivity contribution in [2.45, 2.75) is 26.3 Å². The van der Waals surface area contributed by atoms with Crippen molar-refractivity contribution in [3.05, 3.63) is 47.9 Å². The summed E-state index contributed by atoms with van der Waals surface area (Å²) in [5, 5.41) is 10.8. The van der Waals surface area contributed by atoms with E-state index in [1.165, 1.54) is 10.9 Å². The zero-order chi connectivity index (χ0) is 22.5. The quantitative estimate of drug-likeness (QED) is 0.495. The lowest BCUT2D eigenvalue weighted by Crippen LogP contribution is -2.54. The van der Waals surface area contributed by atoms with Crippen LogP contribution in [0.25, 0.3) is 10.9 Å². The van der Waals surface area contributed by atoms with Crippen LogP contribution in [-0.4, -0.2) is 77.1 Å². The van der Waals surface area contributed by atoms with Gasteiger partial charge in [0.15, 0.2) is 5.82 Å². The molecule has 1 saturated heterocycles. The van der Waals surface area contributed by atoms with Crippen LogP contribution in [0.2, 0.25) is 0 Å². The molecule has 0 spiro atoms. The molecule has 1 aliphatic rings. The summed E-state index contributed by atoms with van der Waals surface area (Å²) in [6.07, 6.45) is 2.80. The van der Waals surface area contributed by atoms with Crippen LogP contribution < -0.4 is 10.6 Å². The van der Waals surface area contributed by atoms with E-state index in [1.54, 1.807) is 13.0 Å². The van der Waals surface area contributed by atoms with Crippen LogP contribution in [0.1, 0.15) is 18.2 Å². The number of piperazine rings is 1. The maximum Gasteiger partial charge on any atom is 0.239 e. The summed E-state index contributed by atoms with van der Waals surface area (Å²) in [5.41, 5.74) is 2.33. The summed E-state index contributed by atoms with van der Waals surface area (Å²) < 4.78 is 4.96. The first kappa shape index (κ1) is 22.0. The molecule has 3 N–H and O–H groups in total. The highest BCUT2D eigenvalue weighted by Crippen LogP contribution is 2.17. The molecule has 1 aromatic carbocycles. The van der Waals surface area contributed by atoms with E-state index in [9.17, 15) is 9.59 Å². The van der Waals surface area contributed by atoms with E-state index in [1.807, 2.05) is 25.3 Å². The smallest absolute Gasteiger partial charge is 0.239 e. The van der Waals surface area contributed by atoms with E-state index in [4.69, 9.17) is 4.52 Å². The Morgan fingerprint density at radius 3 is 2.75 bits per heavy atom. The van der Waals surface area contributed by atoms with Crippen molar-refractivity contribution >= 4 is 28.5 Å². The molecule has 0 aliphatic carbocycles. The Morgan fingerprint density at radius 2 is 2.00 bits per heavy atom. The van der Waals surface area contributed by atoms with Gasteiger partial charge in [0.1, 0.15) is 5.76 Å². The number of aromatic amines is 1. The zero-order valence-electron chi connectivity index (χ0n) is 18.6. The van der Waals surface area contributed by atoms with Crippen molar-refractivity contribution in [1.29, 1.82) is 0 Å². The monoisotopic (exact) mass is 438 g/mol. The number of benzene rings is 1. The number of hydrogen-bond acceptors (Lipinski definition) is 6. The molecule has 2 amide bonds. The minimum atomic E-state index is -0.202. The summed E-state index contributed by atoms with van der Waals surface area (Å²) in [5.74, 6) is 1.01. The van der Waals surface area contributed by atoms with Crippen LogP contribution in [0.5, 0.6) is 0 Å². The zero-order valence-corrected chi connectivity index (χ0v) is 18.6. The maximum atomic E-state index is 12.6. The summed E-state index contributed by atoms with van der Waals surface area (Å²) in [6.45, 7) is 7.58. The van der Waals surface area contributed by atoms with Gasteiger partial charge in [-0.2, -0.15) is 0 Å². The fourth-order valence-electron chi connectivity index (χ4n) is 4.09. The molecule has 32 heavy (non-hydrogen) atoms. The minimum absolute atomic E-state index is 0.0393. The Morgan fingerprint density at radius 1 is 1.22 bits per heavy atom. The van der Waals surface area contributed by atoms with Gasteiger partial charge in [-0.05, 0) is 31.9 Å². The Bertz CT molecular complexity index is 1070. The highest BCUT2D eigenvalue weighted by Gasteiger charge is 2.26. The fourth-order valence-corrected chi connectivity index (χ4v) is 4.09. The van der Waals surface area contributed by atoms with Gasteiger partial charge in [0.2, 0.25) is 11.8 Å². The number of aromatic nitrogens is 2. The van der Waals surface area contributed by atoms with Crippen molar-refractivity contribution < 1.29 is 14.1 Å². The predicted octanol–water partition coefficient (Wildman–Crippen LogP) is 1.77. The SMILES string of the molecule is Cc1cc(NC(=O)CN2CCN(C(C)C(=O)NCCc3c[nH]c4ccccc34)CC2)no1. The number of amides is 2. The van der Waals surface area contributed by atoms with Gasteiger partial charge in [0.25, 0.3) is 0 Å². The van der Waals surface area contributed by atoms with Gasteiger partial charge in [0.05, 0.1) is 12.6 Å². The Balaban J connectivity index is 1.17. The topological polar surface area (TPSA) is 106 Å². The number of rotatable bonds is 8. The average molecular weight is 439 g/mol. The number of H-pyrrole nitrogens is 1. The highest BCUT2D eigenvalue weighted by molar-refractivity contribution is 5.91. The Labute approximate surface area is 187 Å². The Kier molecular flexibility index (Phi) is 6.87. The van der Waals surface area contributed by atoms with Crippen molar-refractivity contribution in [2.75, 3.05) is 44.6 Å². The Hall–Kier alpha value is -3.17. The standard InChI is InChI=1S/C23H30N6O3/c1-16-13-21(27-32-16)26-22(30)15-28-9-11-29(12-10-28)17(2)23(31)24-8-7-18-14-25-20-6-4-3-5-19(18)20/h3-6,13-14,17,25H,7-12,15H2,1-2H3,(H,24,31)(H,26,27,30). The summed E-state index contributed by atoms with van der Waals surface area (Å²) in [4.78, 5) is 32.4. The molecule has 0 bridgehead atoms. The van der Waals surface area contributed by atoms with Crippen LogP contribution in [0.4, 0.5) is 5.82 Å². The van der Waals surface area contributed by atoms with E-state index in [-0.39, 0.29) is 17.9 Å². The fraction of sp³-hybridized carbons (Fsp3) is 0.435. The van der Waals surface area contributed by atoms with Crippen LogP contribution in [0.15, 0.2) is 41.1 Å². The molecular weight excluding hydrogens is 408 g/mol. The second-order valence-corrected chi connectivity index (χ2v) is 8.26. The normalized spacial score (nSPS) is 16.2. The van der Waals surface area contributed by atoms with Gasteiger partial charge >= 0.3 is 0 Å². The van der Waals surface area contributed by atoms with Gasteiger partial charge in [-0.3, -0.25) is 19.4 Å². The molecule has 3 heterocycles. The van der Waals surface area contributed by atoms with E-state index < -0.39 is 0 Å². The lowest BCUT2D eigenvalue weighted by atomic mass is 10.1. The molecule has 1 aliphatic heterocycles. The van der Waals surface area contributed by atoms with Crippen LogP contribution in [-0.2, 0) is 16.0 Å². The summed E-state index contributed by atoms with van der Waals surface area (Å²) in [6, 6.07) is 9.67. The second-order valence-electron chi connectivity index (χ2n) is 8.26. The molecule has 4 rings (SSSR count). The lowest BCUT2D eigenvalue weighted by molar-refractivity contribution is -0.127. The van der Waals surface area contributed by atoms with Crippen molar-refractivity contribution in [3.8, 4) is 0 Å². The first-order valence-corrected chi connectivity index (χ1v) is 11.0. The summed E-state index contributed by atoms with van der Waals surface area (Å²) in [7, 11) is 0. The van der Waals surface area contributed by atoms with E-state index >= 15 is 0 Å². The maximum absolute atomic E-state index is 12.6. The molecule has 3 aromatic rings. The van der Waals surface area contributed by atoms with Gasteiger partial charge < -0.3 is 20.1 Å². The number of anilines is 1. The molecule has 1 atom stereocenters. The number of hydrogen-bond donors (Lipinski definition) is 3. The molecule has 1 fully saturated rings. The van der Waals surface area contributed by atoms with Crippen molar-refractivity contribution in [3.63, 3.8) is 0 Å². The first-order valence-electron chi connectivity index (χ1n) is 11.0. The number of carbonyl (C=O) groups is 2. The van der Waals surface area contributed by atoms with Gasteiger partial charge in [-0.15, -0.1) is 0 Å². The van der Waals surface area contributed by atoms with Crippen molar-refractivity contribution in [1.82, 2.24) is 25.3 Å². The minimum Gasteiger partial charge on any atom is -0.361 e. The molecule has 1 unspecified atom stereocenters. The lowest BCUT2D eigenvalue weighted by Gasteiger charge is -2.37. The molecule has 170 valence electrons. The molecule has 0 radical (unpaired) electrons. The third kappa shape index (κ3) is 5.35. The molecule has 9 heteroatoms. The van der Waals surface area contributed by atoms with Gasteiger partial charge in [-0.25, -0.2) is 0 Å². The third-order valence-electron chi connectivity index (χ3n) is 5.97. The molecule has 2 aromatic heterocycles. The second kappa shape index (κ2) is 9.97. The van der Waals surface area contributed by atoms with Crippen LogP contribution in [0, 0.1) is 6.92 Å². The third-order valence-corrected chi connectivity index (χ3v) is 5.97. The van der Waals surface area contributed by atoms with E-state index in [0.717, 1.165) is 38.1 Å². The number of carbonyl (C=O) groups excluding carboxylic acids is 2. The summed E-state index contributed by atoms with van der Waals surface area (Å²) >= 11 is 0. The molecule has 0 saturated carbocycles. The van der Waals surface area contributed by atoms with Crippen LogP contribution >= 0.6 is 0 Å². The molecule has 9 nitrogen and oxygen atoms in total. The van der Waals surface area contributed by atoms with Crippen LogP contribution in [0.3, 0.4) is 0 Å². The van der Waals surface area contributed by atoms with Gasteiger partial charge in [0, 0.05) is 55.9 Å². The first-order chi connectivity index (χ1) is 15.5. The van der Waals surface area contributed by atoms with E-state index in [0.29, 0.717) is 24.7 Å². The number of para-hydroxylation sites is 1. The number of nitrogens with one attached hydrogen (secondary N) is 3. The number of fused-ring (bicyclic) bond motifs is 1. The number of nitrogens with zero attached hydrogens (tertiary/aromatic N) is 3. The van der Waals surface area contributed by atoms with Gasteiger partial charge in [-0.1, -0.05) is 23.4 Å².